The van der Waals surface area contributed by atoms with Gasteiger partial charge in [-0.3, -0.25) is 4.90 Å². The number of rotatable bonds is 3. The van der Waals surface area contributed by atoms with Gasteiger partial charge in [-0.15, -0.1) is 0 Å². The van der Waals surface area contributed by atoms with Crippen LogP contribution in [0.25, 0.3) is 0 Å². The van der Waals surface area contributed by atoms with Crippen LogP contribution in [0.2, 0.25) is 0 Å². The average molecular weight is 210 g/mol. The van der Waals surface area contributed by atoms with Gasteiger partial charge in [0.05, 0.1) is 0 Å². The van der Waals surface area contributed by atoms with Crippen LogP contribution in [0.1, 0.15) is 40.0 Å². The molecule has 0 aromatic rings. The van der Waals surface area contributed by atoms with E-state index in [2.05, 4.69) is 31.0 Å². The van der Waals surface area contributed by atoms with Crippen LogP contribution >= 0.6 is 0 Å². The molecule has 2 heteroatoms. The van der Waals surface area contributed by atoms with E-state index in [1.54, 1.807) is 0 Å². The van der Waals surface area contributed by atoms with Gasteiger partial charge in [0, 0.05) is 18.6 Å². The summed E-state index contributed by atoms with van der Waals surface area (Å²) in [5.41, 5.74) is 0. The molecule has 1 N–H and O–H groups in total. The summed E-state index contributed by atoms with van der Waals surface area (Å²) in [5, 5.41) is 3.68. The normalized spacial score (nSPS) is 38.0. The molecule has 2 aliphatic rings. The summed E-state index contributed by atoms with van der Waals surface area (Å²) in [4.78, 5) is 2.75. The Morgan fingerprint density at radius 1 is 1.40 bits per heavy atom. The SMILES string of the molecule is CCC1CC1N1CCCNC(C(C)C)C1. The molecule has 1 aliphatic heterocycles. The Balaban J connectivity index is 1.88. The fourth-order valence-electron chi connectivity index (χ4n) is 2.84. The van der Waals surface area contributed by atoms with Crippen molar-refractivity contribution in [2.75, 3.05) is 19.6 Å². The van der Waals surface area contributed by atoms with Gasteiger partial charge in [0.25, 0.3) is 0 Å². The first-order chi connectivity index (χ1) is 7.22. The zero-order valence-corrected chi connectivity index (χ0v) is 10.5. The predicted octanol–water partition coefficient (Wildman–Crippen LogP) is 2.10. The summed E-state index contributed by atoms with van der Waals surface area (Å²) < 4.78 is 0. The Bertz CT molecular complexity index is 203. The molecule has 0 aromatic carbocycles. The molecule has 88 valence electrons. The van der Waals surface area contributed by atoms with Crippen LogP contribution in [0.15, 0.2) is 0 Å². The largest absolute Gasteiger partial charge is 0.312 e. The molecule has 0 spiro atoms. The van der Waals surface area contributed by atoms with Gasteiger partial charge in [-0.1, -0.05) is 27.2 Å². The molecule has 1 saturated heterocycles. The zero-order valence-electron chi connectivity index (χ0n) is 10.5. The molecule has 1 aliphatic carbocycles. The Hall–Kier alpha value is -0.0800. The molecule has 1 heterocycles. The van der Waals surface area contributed by atoms with Crippen LogP contribution in [-0.2, 0) is 0 Å². The Morgan fingerprint density at radius 3 is 2.80 bits per heavy atom. The van der Waals surface area contributed by atoms with E-state index < -0.39 is 0 Å². The highest BCUT2D eigenvalue weighted by atomic mass is 15.2. The van der Waals surface area contributed by atoms with E-state index in [0.717, 1.165) is 17.9 Å². The minimum atomic E-state index is 0.714. The first-order valence-electron chi connectivity index (χ1n) is 6.69. The molecule has 3 unspecified atom stereocenters. The number of nitrogens with zero attached hydrogens (tertiary/aromatic N) is 1. The maximum absolute atomic E-state index is 3.68. The van der Waals surface area contributed by atoms with Gasteiger partial charge in [-0.05, 0) is 37.8 Å². The van der Waals surface area contributed by atoms with Crippen LogP contribution < -0.4 is 5.32 Å². The third kappa shape index (κ3) is 2.73. The maximum Gasteiger partial charge on any atom is 0.0218 e. The first-order valence-corrected chi connectivity index (χ1v) is 6.69. The van der Waals surface area contributed by atoms with Gasteiger partial charge < -0.3 is 5.32 Å². The highest BCUT2D eigenvalue weighted by Gasteiger charge is 2.41. The molecular formula is C13H26N2. The highest BCUT2D eigenvalue weighted by Crippen LogP contribution is 2.38. The predicted molar refractivity (Wildman–Crippen MR) is 65.0 cm³/mol. The van der Waals surface area contributed by atoms with Crippen molar-refractivity contribution in [3.8, 4) is 0 Å². The molecule has 0 aromatic heterocycles. The fourth-order valence-corrected chi connectivity index (χ4v) is 2.84. The minimum Gasteiger partial charge on any atom is -0.312 e. The highest BCUT2D eigenvalue weighted by molar-refractivity contribution is 4.96. The molecule has 3 atom stereocenters. The lowest BCUT2D eigenvalue weighted by atomic mass is 10.0. The van der Waals surface area contributed by atoms with Crippen LogP contribution in [0, 0.1) is 11.8 Å². The van der Waals surface area contributed by atoms with E-state index in [0.29, 0.717) is 6.04 Å². The summed E-state index contributed by atoms with van der Waals surface area (Å²) >= 11 is 0. The number of hydrogen-bond acceptors (Lipinski definition) is 2. The average Bonchev–Trinajstić information content (AvgIpc) is 3.00. The monoisotopic (exact) mass is 210 g/mol. The third-order valence-electron chi connectivity index (χ3n) is 4.14. The molecule has 0 bridgehead atoms. The summed E-state index contributed by atoms with van der Waals surface area (Å²) in [6.45, 7) is 10.8. The smallest absolute Gasteiger partial charge is 0.0218 e. The maximum atomic E-state index is 3.68. The fraction of sp³-hybridized carbons (Fsp3) is 1.00. The van der Waals surface area contributed by atoms with Crippen molar-refractivity contribution >= 4 is 0 Å². The van der Waals surface area contributed by atoms with E-state index >= 15 is 0 Å². The topological polar surface area (TPSA) is 15.3 Å². The number of hydrogen-bond donors (Lipinski definition) is 1. The van der Waals surface area contributed by atoms with Crippen molar-refractivity contribution in [1.29, 1.82) is 0 Å². The first kappa shape index (κ1) is 11.4. The van der Waals surface area contributed by atoms with Crippen molar-refractivity contribution in [1.82, 2.24) is 10.2 Å². The van der Waals surface area contributed by atoms with Crippen molar-refractivity contribution in [2.45, 2.75) is 52.1 Å². The third-order valence-corrected chi connectivity index (χ3v) is 4.14. The summed E-state index contributed by atoms with van der Waals surface area (Å²) in [6.07, 6.45) is 4.17. The van der Waals surface area contributed by atoms with Gasteiger partial charge in [0.2, 0.25) is 0 Å². The lowest BCUT2D eigenvalue weighted by Crippen LogP contribution is -2.42. The van der Waals surface area contributed by atoms with Crippen LogP contribution in [0.5, 0.6) is 0 Å². The standard InChI is InChI=1S/C13H26N2/c1-4-11-8-13(11)15-7-5-6-14-12(9-15)10(2)3/h10-14H,4-9H2,1-3H3. The molecule has 2 fully saturated rings. The van der Waals surface area contributed by atoms with Crippen LogP contribution in [0.4, 0.5) is 0 Å². The zero-order chi connectivity index (χ0) is 10.8. The van der Waals surface area contributed by atoms with E-state index in [4.69, 9.17) is 0 Å². The second-order valence-corrected chi connectivity index (χ2v) is 5.62. The van der Waals surface area contributed by atoms with Crippen molar-refractivity contribution in [2.24, 2.45) is 11.8 Å². The Labute approximate surface area is 94.4 Å². The lowest BCUT2D eigenvalue weighted by Gasteiger charge is -2.27. The molecule has 15 heavy (non-hydrogen) atoms. The van der Waals surface area contributed by atoms with Gasteiger partial charge in [-0.25, -0.2) is 0 Å². The molecule has 0 amide bonds. The molecule has 2 rings (SSSR count). The molecule has 0 radical (unpaired) electrons. The Morgan fingerprint density at radius 2 is 2.20 bits per heavy atom. The summed E-state index contributed by atoms with van der Waals surface area (Å²) in [5.74, 6) is 1.78. The van der Waals surface area contributed by atoms with E-state index in [9.17, 15) is 0 Å². The van der Waals surface area contributed by atoms with Crippen molar-refractivity contribution < 1.29 is 0 Å². The van der Waals surface area contributed by atoms with E-state index in [1.165, 1.54) is 38.9 Å². The molecule has 1 saturated carbocycles. The molecular weight excluding hydrogens is 184 g/mol. The van der Waals surface area contributed by atoms with Crippen molar-refractivity contribution in [3.05, 3.63) is 0 Å². The van der Waals surface area contributed by atoms with Gasteiger partial charge in [0.1, 0.15) is 0 Å². The lowest BCUT2D eigenvalue weighted by molar-refractivity contribution is 0.227. The molecule has 2 nitrogen and oxygen atoms in total. The van der Waals surface area contributed by atoms with Crippen molar-refractivity contribution in [3.63, 3.8) is 0 Å². The summed E-state index contributed by atoms with van der Waals surface area (Å²) in [6, 6.07) is 1.64. The quantitative estimate of drug-likeness (QED) is 0.767. The van der Waals surface area contributed by atoms with Gasteiger partial charge in [-0.2, -0.15) is 0 Å². The van der Waals surface area contributed by atoms with Crippen LogP contribution in [0.3, 0.4) is 0 Å². The second kappa shape index (κ2) is 4.84. The van der Waals surface area contributed by atoms with E-state index in [1.807, 2.05) is 0 Å². The second-order valence-electron chi connectivity index (χ2n) is 5.62. The Kier molecular flexibility index (Phi) is 3.68. The number of nitrogens with one attached hydrogen (secondary N) is 1. The van der Waals surface area contributed by atoms with Gasteiger partial charge >= 0.3 is 0 Å². The van der Waals surface area contributed by atoms with E-state index in [-0.39, 0.29) is 0 Å². The van der Waals surface area contributed by atoms with Gasteiger partial charge in [0.15, 0.2) is 0 Å². The summed E-state index contributed by atoms with van der Waals surface area (Å²) in [7, 11) is 0. The minimum absolute atomic E-state index is 0.714. The van der Waals surface area contributed by atoms with Crippen LogP contribution in [-0.4, -0.2) is 36.6 Å².